The third-order valence-electron chi connectivity index (χ3n) is 5.11. The zero-order valence-electron chi connectivity index (χ0n) is 15.6. The molecule has 1 aliphatic rings. The molecule has 0 saturated carbocycles. The van der Waals surface area contributed by atoms with Crippen molar-refractivity contribution in [1.29, 1.82) is 0 Å². The van der Waals surface area contributed by atoms with Crippen molar-refractivity contribution in [2.45, 2.75) is 45.3 Å². The van der Waals surface area contributed by atoms with Crippen LogP contribution in [0, 0.1) is 13.8 Å². The summed E-state index contributed by atoms with van der Waals surface area (Å²) in [6.45, 7) is 5.48. The molecular weight excluding hydrogens is 371 g/mol. The predicted octanol–water partition coefficient (Wildman–Crippen LogP) is 4.03. The fourth-order valence-electron chi connectivity index (χ4n) is 3.75. The first-order chi connectivity index (χ1) is 13.3. The lowest BCUT2D eigenvalue weighted by atomic mass is 9.92. The molecular formula is C19H20F3N5O. The van der Waals surface area contributed by atoms with Crippen LogP contribution in [0.1, 0.15) is 47.1 Å². The summed E-state index contributed by atoms with van der Waals surface area (Å²) in [5, 5.41) is 3.62. The Kier molecular flexibility index (Phi) is 4.78. The van der Waals surface area contributed by atoms with Gasteiger partial charge in [-0.05, 0) is 39.3 Å². The van der Waals surface area contributed by atoms with Crippen molar-refractivity contribution in [1.82, 2.24) is 25.0 Å². The van der Waals surface area contributed by atoms with Crippen molar-refractivity contribution in [3.63, 3.8) is 0 Å². The number of fused-ring (bicyclic) bond motifs is 1. The van der Waals surface area contributed by atoms with Crippen LogP contribution in [0.25, 0.3) is 11.1 Å². The van der Waals surface area contributed by atoms with Crippen molar-refractivity contribution < 1.29 is 17.7 Å². The molecule has 1 unspecified atom stereocenters. The molecule has 0 bridgehead atoms. The highest BCUT2D eigenvalue weighted by atomic mass is 19.4. The van der Waals surface area contributed by atoms with E-state index in [2.05, 4.69) is 25.0 Å². The number of rotatable bonds is 3. The number of piperidine rings is 1. The van der Waals surface area contributed by atoms with Gasteiger partial charge >= 0.3 is 6.18 Å². The number of likely N-dealkylation sites (tertiary alicyclic amines) is 1. The summed E-state index contributed by atoms with van der Waals surface area (Å²) in [6.07, 6.45) is 0.752. The molecule has 3 aromatic rings. The Hall–Kier alpha value is -2.55. The zero-order chi connectivity index (χ0) is 19.9. The van der Waals surface area contributed by atoms with Gasteiger partial charge in [-0.3, -0.25) is 4.90 Å². The first kappa shape index (κ1) is 18.8. The maximum Gasteiger partial charge on any atom is 0.417 e. The summed E-state index contributed by atoms with van der Waals surface area (Å²) in [5.41, 5.74) is 0.810. The summed E-state index contributed by atoms with van der Waals surface area (Å²) in [4.78, 5) is 15.0. The van der Waals surface area contributed by atoms with Gasteiger partial charge in [-0.15, -0.1) is 0 Å². The van der Waals surface area contributed by atoms with E-state index in [0.29, 0.717) is 24.6 Å². The second kappa shape index (κ2) is 7.12. The summed E-state index contributed by atoms with van der Waals surface area (Å²) in [6, 6.07) is 1.16. The van der Waals surface area contributed by atoms with Gasteiger partial charge in [0.25, 0.3) is 5.71 Å². The van der Waals surface area contributed by atoms with Crippen molar-refractivity contribution in [3.8, 4) is 0 Å². The van der Waals surface area contributed by atoms with Crippen LogP contribution in [-0.4, -0.2) is 38.1 Å². The van der Waals surface area contributed by atoms with Crippen LogP contribution in [0.15, 0.2) is 23.0 Å². The van der Waals surface area contributed by atoms with Gasteiger partial charge in [-0.1, -0.05) is 5.16 Å². The molecule has 4 rings (SSSR count). The lowest BCUT2D eigenvalue weighted by molar-refractivity contribution is -0.136. The lowest BCUT2D eigenvalue weighted by Crippen LogP contribution is -2.34. The Balaban J connectivity index is 1.61. The highest BCUT2D eigenvalue weighted by Crippen LogP contribution is 2.38. The minimum atomic E-state index is -4.49. The molecule has 1 fully saturated rings. The first-order valence-corrected chi connectivity index (χ1v) is 9.15. The molecule has 3 aromatic heterocycles. The van der Waals surface area contributed by atoms with Gasteiger partial charge in [0.2, 0.25) is 0 Å². The van der Waals surface area contributed by atoms with E-state index in [1.54, 1.807) is 12.4 Å². The van der Waals surface area contributed by atoms with Crippen molar-refractivity contribution in [3.05, 3.63) is 46.8 Å². The van der Waals surface area contributed by atoms with E-state index in [0.717, 1.165) is 31.0 Å². The van der Waals surface area contributed by atoms with Crippen LogP contribution in [0.5, 0.6) is 0 Å². The van der Waals surface area contributed by atoms with Crippen LogP contribution in [-0.2, 0) is 12.7 Å². The molecule has 1 saturated heterocycles. The molecule has 0 aromatic carbocycles. The second-order valence-electron chi connectivity index (χ2n) is 7.25. The maximum absolute atomic E-state index is 13.6. The Bertz CT molecular complexity index is 984. The lowest BCUT2D eigenvalue weighted by Gasteiger charge is -2.32. The smallest absolute Gasteiger partial charge is 0.336 e. The fourth-order valence-corrected chi connectivity index (χ4v) is 3.75. The Morgan fingerprint density at radius 1 is 1.21 bits per heavy atom. The highest BCUT2D eigenvalue weighted by Gasteiger charge is 2.36. The molecule has 0 aliphatic carbocycles. The van der Waals surface area contributed by atoms with Crippen LogP contribution in [0.4, 0.5) is 13.2 Å². The molecule has 0 radical (unpaired) electrons. The highest BCUT2D eigenvalue weighted by molar-refractivity contribution is 5.80. The Morgan fingerprint density at radius 3 is 2.68 bits per heavy atom. The van der Waals surface area contributed by atoms with Crippen LogP contribution >= 0.6 is 0 Å². The van der Waals surface area contributed by atoms with Gasteiger partial charge in [0, 0.05) is 42.7 Å². The molecule has 148 valence electrons. The van der Waals surface area contributed by atoms with Crippen LogP contribution in [0.3, 0.4) is 0 Å². The number of nitrogens with zero attached hydrogens (tertiary/aromatic N) is 5. The normalized spacial score (nSPS) is 18.7. The van der Waals surface area contributed by atoms with E-state index < -0.39 is 11.7 Å². The molecule has 4 heterocycles. The van der Waals surface area contributed by atoms with Gasteiger partial charge in [-0.25, -0.2) is 15.0 Å². The van der Waals surface area contributed by atoms with E-state index in [1.807, 2.05) is 6.92 Å². The van der Waals surface area contributed by atoms with E-state index in [9.17, 15) is 13.2 Å². The van der Waals surface area contributed by atoms with E-state index >= 15 is 0 Å². The Labute approximate surface area is 159 Å². The van der Waals surface area contributed by atoms with Gasteiger partial charge in [-0.2, -0.15) is 13.2 Å². The number of halogens is 3. The quantitative estimate of drug-likeness (QED) is 0.672. The van der Waals surface area contributed by atoms with Gasteiger partial charge < -0.3 is 4.52 Å². The van der Waals surface area contributed by atoms with Crippen molar-refractivity contribution >= 4 is 11.1 Å². The molecule has 0 N–H and O–H groups in total. The minimum Gasteiger partial charge on any atom is -0.336 e. The average Bonchev–Trinajstić information content (AvgIpc) is 3.03. The number of aryl methyl sites for hydroxylation is 2. The average molecular weight is 391 g/mol. The molecule has 1 aliphatic heterocycles. The molecule has 0 amide bonds. The number of alkyl halides is 3. The maximum atomic E-state index is 13.6. The van der Waals surface area contributed by atoms with E-state index in [1.165, 1.54) is 6.92 Å². The zero-order valence-corrected chi connectivity index (χ0v) is 15.6. The number of aromatic nitrogens is 4. The predicted molar refractivity (Wildman–Crippen MR) is 95.6 cm³/mol. The van der Waals surface area contributed by atoms with Gasteiger partial charge in [0.15, 0.2) is 0 Å². The third-order valence-corrected chi connectivity index (χ3v) is 5.11. The van der Waals surface area contributed by atoms with Crippen molar-refractivity contribution in [2.75, 3.05) is 13.1 Å². The van der Waals surface area contributed by atoms with Crippen LogP contribution in [0.2, 0.25) is 0 Å². The number of hydrogen-bond donors (Lipinski definition) is 0. The number of pyridine rings is 1. The monoisotopic (exact) mass is 391 g/mol. The summed E-state index contributed by atoms with van der Waals surface area (Å²) in [7, 11) is 0. The second-order valence-corrected chi connectivity index (χ2v) is 7.25. The molecule has 9 heteroatoms. The molecule has 1 atom stereocenters. The summed E-state index contributed by atoms with van der Waals surface area (Å²) >= 11 is 0. The molecule has 0 spiro atoms. The van der Waals surface area contributed by atoms with Crippen LogP contribution < -0.4 is 0 Å². The van der Waals surface area contributed by atoms with Gasteiger partial charge in [0.1, 0.15) is 5.82 Å². The third kappa shape index (κ3) is 3.71. The standard InChI is InChI=1S/C19H20F3N5O/c1-11-17-15(19(20,21)22)6-16(25-18(17)28-26-11)14-4-3-5-27(10-14)9-13-7-23-12(2)24-8-13/h6-8,14H,3-5,9-10H2,1-2H3. The van der Waals surface area contributed by atoms with E-state index in [4.69, 9.17) is 4.52 Å². The molecule has 6 nitrogen and oxygen atoms in total. The fraction of sp³-hybridized carbons (Fsp3) is 0.474. The minimum absolute atomic E-state index is 0.0496. The summed E-state index contributed by atoms with van der Waals surface area (Å²) in [5.74, 6) is 0.607. The topological polar surface area (TPSA) is 67.9 Å². The van der Waals surface area contributed by atoms with Gasteiger partial charge in [0.05, 0.1) is 16.6 Å². The Morgan fingerprint density at radius 2 is 1.96 bits per heavy atom. The van der Waals surface area contributed by atoms with Crippen molar-refractivity contribution in [2.24, 2.45) is 0 Å². The SMILES string of the molecule is Cc1ncc(CN2CCCC(c3cc(C(F)(F)F)c4c(C)noc4n3)C2)cn1. The van der Waals surface area contributed by atoms with E-state index in [-0.39, 0.29) is 22.7 Å². The number of hydrogen-bond acceptors (Lipinski definition) is 6. The molecule has 28 heavy (non-hydrogen) atoms. The largest absolute Gasteiger partial charge is 0.417 e. The first-order valence-electron chi connectivity index (χ1n) is 9.15. The summed E-state index contributed by atoms with van der Waals surface area (Å²) < 4.78 is 45.9.